The Bertz CT molecular complexity index is 476. The predicted octanol–water partition coefficient (Wildman–Crippen LogP) is 2.47. The number of hydrogen-bond donors (Lipinski definition) is 1. The van der Waals surface area contributed by atoms with Crippen LogP contribution in [0.3, 0.4) is 0 Å². The fourth-order valence-electron chi connectivity index (χ4n) is 2.54. The van der Waals surface area contributed by atoms with Gasteiger partial charge >= 0.3 is 0 Å². The van der Waals surface area contributed by atoms with Gasteiger partial charge in [-0.05, 0) is 32.3 Å². The van der Waals surface area contributed by atoms with E-state index >= 15 is 0 Å². The normalized spacial score (nSPS) is 20.9. The minimum Gasteiger partial charge on any atom is -0.389 e. The third kappa shape index (κ3) is 3.94. The summed E-state index contributed by atoms with van der Waals surface area (Å²) in [5.74, 6) is 0.220. The van der Waals surface area contributed by atoms with Crippen LogP contribution in [-0.2, 0) is 11.2 Å². The monoisotopic (exact) mass is 273 g/mol. The van der Waals surface area contributed by atoms with Crippen LogP contribution < -0.4 is 0 Å². The largest absolute Gasteiger partial charge is 0.389 e. The zero-order valence-corrected chi connectivity index (χ0v) is 12.2. The molecule has 1 aromatic carbocycles. The highest BCUT2D eigenvalue weighted by Gasteiger charge is 2.28. The Hall–Kier alpha value is -1.61. The molecule has 0 bridgehead atoms. The maximum atomic E-state index is 11.9. The van der Waals surface area contributed by atoms with Crippen molar-refractivity contribution in [2.75, 3.05) is 6.54 Å². The molecule has 1 fully saturated rings. The van der Waals surface area contributed by atoms with E-state index in [1.807, 2.05) is 11.0 Å². The van der Waals surface area contributed by atoms with Gasteiger partial charge in [-0.3, -0.25) is 4.79 Å². The lowest BCUT2D eigenvalue weighted by Crippen LogP contribution is -2.33. The van der Waals surface area contributed by atoms with E-state index in [4.69, 9.17) is 0 Å². The fourth-order valence-corrected chi connectivity index (χ4v) is 2.54. The second-order valence-electron chi connectivity index (χ2n) is 5.55. The van der Waals surface area contributed by atoms with Crippen LogP contribution in [0.15, 0.2) is 36.4 Å². The average Bonchev–Trinajstić information content (AvgIpc) is 2.76. The van der Waals surface area contributed by atoms with Crippen molar-refractivity contribution in [1.82, 2.24) is 4.90 Å². The van der Waals surface area contributed by atoms with Crippen LogP contribution in [0.1, 0.15) is 30.9 Å². The molecule has 1 aromatic rings. The first-order valence-corrected chi connectivity index (χ1v) is 7.27. The van der Waals surface area contributed by atoms with Gasteiger partial charge in [0.05, 0.1) is 12.1 Å². The van der Waals surface area contributed by atoms with E-state index in [-0.39, 0.29) is 11.9 Å². The van der Waals surface area contributed by atoms with Crippen molar-refractivity contribution >= 4 is 5.91 Å². The van der Waals surface area contributed by atoms with E-state index in [0.717, 1.165) is 19.4 Å². The van der Waals surface area contributed by atoms with Crippen LogP contribution in [0.4, 0.5) is 0 Å². The minimum atomic E-state index is -0.454. The topological polar surface area (TPSA) is 40.5 Å². The van der Waals surface area contributed by atoms with Gasteiger partial charge in [0.1, 0.15) is 0 Å². The highest BCUT2D eigenvalue weighted by molar-refractivity contribution is 5.79. The SMILES string of the molecule is Cc1ccc(CCN2C(=O)CC[C@@H]2/C=C/[C@H](C)O)cc1. The molecule has 1 N–H and O–H groups in total. The van der Waals surface area contributed by atoms with Crippen LogP contribution in [0.2, 0.25) is 0 Å². The Kier molecular flexibility index (Phi) is 4.96. The molecule has 3 heteroatoms. The van der Waals surface area contributed by atoms with E-state index in [0.29, 0.717) is 6.42 Å². The van der Waals surface area contributed by atoms with Crippen molar-refractivity contribution in [1.29, 1.82) is 0 Å². The molecule has 2 atom stereocenters. The molecule has 1 amide bonds. The number of rotatable bonds is 5. The molecule has 108 valence electrons. The number of benzene rings is 1. The Morgan fingerprint density at radius 1 is 1.40 bits per heavy atom. The number of aliphatic hydroxyl groups is 1. The van der Waals surface area contributed by atoms with Crippen LogP contribution in [-0.4, -0.2) is 34.6 Å². The molecule has 2 rings (SSSR count). The highest BCUT2D eigenvalue weighted by Crippen LogP contribution is 2.20. The van der Waals surface area contributed by atoms with Crippen molar-refractivity contribution in [2.45, 2.75) is 45.3 Å². The molecule has 1 saturated heterocycles. The van der Waals surface area contributed by atoms with E-state index in [2.05, 4.69) is 31.2 Å². The van der Waals surface area contributed by atoms with Crippen molar-refractivity contribution in [3.05, 3.63) is 47.5 Å². The van der Waals surface area contributed by atoms with Gasteiger partial charge in [-0.15, -0.1) is 0 Å². The lowest BCUT2D eigenvalue weighted by Gasteiger charge is -2.22. The third-order valence-corrected chi connectivity index (χ3v) is 3.75. The first-order valence-electron chi connectivity index (χ1n) is 7.27. The quantitative estimate of drug-likeness (QED) is 0.837. The van der Waals surface area contributed by atoms with E-state index in [1.165, 1.54) is 11.1 Å². The van der Waals surface area contributed by atoms with Gasteiger partial charge in [0.2, 0.25) is 5.91 Å². The molecule has 1 heterocycles. The Morgan fingerprint density at radius 2 is 2.10 bits per heavy atom. The number of nitrogens with zero attached hydrogens (tertiary/aromatic N) is 1. The molecule has 0 spiro atoms. The number of hydrogen-bond acceptors (Lipinski definition) is 2. The van der Waals surface area contributed by atoms with Crippen LogP contribution >= 0.6 is 0 Å². The number of likely N-dealkylation sites (tertiary alicyclic amines) is 1. The maximum absolute atomic E-state index is 11.9. The molecule has 1 aliphatic heterocycles. The molecule has 0 aliphatic carbocycles. The summed E-state index contributed by atoms with van der Waals surface area (Å²) >= 11 is 0. The number of aliphatic hydroxyl groups excluding tert-OH is 1. The average molecular weight is 273 g/mol. The van der Waals surface area contributed by atoms with E-state index < -0.39 is 6.10 Å². The smallest absolute Gasteiger partial charge is 0.223 e. The maximum Gasteiger partial charge on any atom is 0.223 e. The summed E-state index contributed by atoms with van der Waals surface area (Å²) in [6.07, 6.45) is 5.63. The summed E-state index contributed by atoms with van der Waals surface area (Å²) in [5, 5.41) is 9.31. The molecule has 3 nitrogen and oxygen atoms in total. The van der Waals surface area contributed by atoms with E-state index in [1.54, 1.807) is 13.0 Å². The van der Waals surface area contributed by atoms with Gasteiger partial charge in [-0.25, -0.2) is 0 Å². The molecule has 0 unspecified atom stereocenters. The first kappa shape index (κ1) is 14.8. The fraction of sp³-hybridized carbons (Fsp3) is 0.471. The highest BCUT2D eigenvalue weighted by atomic mass is 16.3. The molecule has 0 saturated carbocycles. The number of amides is 1. The summed E-state index contributed by atoms with van der Waals surface area (Å²) in [6.45, 7) is 4.55. The van der Waals surface area contributed by atoms with Crippen LogP contribution in [0.5, 0.6) is 0 Å². The first-order chi connectivity index (χ1) is 9.56. The summed E-state index contributed by atoms with van der Waals surface area (Å²) in [4.78, 5) is 13.9. The Labute approximate surface area is 120 Å². The van der Waals surface area contributed by atoms with Gasteiger partial charge in [0, 0.05) is 13.0 Å². The van der Waals surface area contributed by atoms with Crippen LogP contribution in [0.25, 0.3) is 0 Å². The molecular weight excluding hydrogens is 250 g/mol. The Balaban J connectivity index is 1.95. The summed E-state index contributed by atoms with van der Waals surface area (Å²) in [5.41, 5.74) is 2.51. The lowest BCUT2D eigenvalue weighted by atomic mass is 10.1. The zero-order chi connectivity index (χ0) is 14.5. The van der Waals surface area contributed by atoms with Gasteiger partial charge in [-0.2, -0.15) is 0 Å². The molecule has 1 aliphatic rings. The van der Waals surface area contributed by atoms with Gasteiger partial charge in [0.15, 0.2) is 0 Å². The second kappa shape index (κ2) is 6.71. The standard InChI is InChI=1S/C17H23NO2/c1-13-3-6-15(7-4-13)11-12-18-16(8-5-14(2)19)9-10-17(18)20/h3-8,14,16,19H,9-12H2,1-2H3/b8-5+/t14-,16-/m0/s1. The summed E-state index contributed by atoms with van der Waals surface area (Å²) < 4.78 is 0. The summed E-state index contributed by atoms with van der Waals surface area (Å²) in [7, 11) is 0. The number of carbonyl (C=O) groups is 1. The third-order valence-electron chi connectivity index (χ3n) is 3.75. The van der Waals surface area contributed by atoms with Crippen molar-refractivity contribution < 1.29 is 9.90 Å². The summed E-state index contributed by atoms with van der Waals surface area (Å²) in [6, 6.07) is 8.59. The Morgan fingerprint density at radius 3 is 2.75 bits per heavy atom. The molecule has 0 radical (unpaired) electrons. The number of aryl methyl sites for hydroxylation is 1. The molecule has 20 heavy (non-hydrogen) atoms. The van der Waals surface area contributed by atoms with Gasteiger partial charge in [0.25, 0.3) is 0 Å². The lowest BCUT2D eigenvalue weighted by molar-refractivity contribution is -0.128. The molecular formula is C17H23NO2. The second-order valence-corrected chi connectivity index (χ2v) is 5.55. The van der Waals surface area contributed by atoms with Gasteiger partial charge in [-0.1, -0.05) is 42.0 Å². The number of carbonyl (C=O) groups excluding carboxylic acids is 1. The van der Waals surface area contributed by atoms with Crippen molar-refractivity contribution in [2.24, 2.45) is 0 Å². The van der Waals surface area contributed by atoms with Crippen molar-refractivity contribution in [3.8, 4) is 0 Å². The van der Waals surface area contributed by atoms with Crippen LogP contribution in [0, 0.1) is 6.92 Å². The van der Waals surface area contributed by atoms with Crippen molar-refractivity contribution in [3.63, 3.8) is 0 Å². The van der Waals surface area contributed by atoms with E-state index in [9.17, 15) is 9.90 Å². The zero-order valence-electron chi connectivity index (χ0n) is 12.2. The minimum absolute atomic E-state index is 0.141. The predicted molar refractivity (Wildman–Crippen MR) is 80.4 cm³/mol. The molecule has 0 aromatic heterocycles. The van der Waals surface area contributed by atoms with Gasteiger partial charge < -0.3 is 10.0 Å².